The molecule has 0 saturated carbocycles. The number of hydrogen-bond donors (Lipinski definition) is 2. The number of hydrogen-bond acceptors (Lipinski definition) is 4. The molecule has 0 atom stereocenters. The summed E-state index contributed by atoms with van der Waals surface area (Å²) in [5.41, 5.74) is 2.68. The van der Waals surface area contributed by atoms with E-state index in [9.17, 15) is 9.59 Å². The van der Waals surface area contributed by atoms with E-state index in [1.54, 1.807) is 43.5 Å². The standard InChI is InChI=1S/C19H15N3O3/c1-25-11-14-8-18(23)22-17-9-15(6-7-16(14)17)21-19(24)13-4-2-12(10-20)3-5-13/h2-9H,11H2,1H3,(H,21,24)(H,22,23). The van der Waals surface area contributed by atoms with Crippen LogP contribution in [0.15, 0.2) is 53.3 Å². The molecule has 3 aromatic rings. The number of pyridine rings is 1. The summed E-state index contributed by atoms with van der Waals surface area (Å²) in [5.74, 6) is -0.292. The van der Waals surface area contributed by atoms with Gasteiger partial charge in [0.05, 0.1) is 23.8 Å². The number of nitriles is 1. The molecule has 1 heterocycles. The number of carbonyl (C=O) groups is 1. The van der Waals surface area contributed by atoms with E-state index in [1.807, 2.05) is 12.1 Å². The van der Waals surface area contributed by atoms with E-state index < -0.39 is 0 Å². The Morgan fingerprint density at radius 1 is 1.20 bits per heavy atom. The lowest BCUT2D eigenvalue weighted by Crippen LogP contribution is -2.12. The first-order chi connectivity index (χ1) is 12.1. The van der Waals surface area contributed by atoms with Crippen LogP contribution in [0.4, 0.5) is 5.69 Å². The van der Waals surface area contributed by atoms with Crippen LogP contribution in [0.25, 0.3) is 10.9 Å². The predicted molar refractivity (Wildman–Crippen MR) is 94.4 cm³/mol. The van der Waals surface area contributed by atoms with E-state index in [4.69, 9.17) is 10.00 Å². The fraction of sp³-hybridized carbons (Fsp3) is 0.105. The minimum absolute atomic E-state index is 0.227. The summed E-state index contributed by atoms with van der Waals surface area (Å²) in [6, 6.07) is 15.2. The Hall–Kier alpha value is -3.43. The maximum atomic E-state index is 12.3. The number of nitrogens with one attached hydrogen (secondary N) is 2. The lowest BCUT2D eigenvalue weighted by Gasteiger charge is -2.09. The number of carbonyl (C=O) groups excluding carboxylic acids is 1. The number of amides is 1. The van der Waals surface area contributed by atoms with E-state index in [1.165, 1.54) is 6.07 Å². The van der Waals surface area contributed by atoms with Crippen LogP contribution in [-0.2, 0) is 11.3 Å². The Balaban J connectivity index is 1.90. The van der Waals surface area contributed by atoms with Crippen molar-refractivity contribution in [1.29, 1.82) is 5.26 Å². The summed E-state index contributed by atoms with van der Waals surface area (Å²) >= 11 is 0. The van der Waals surface area contributed by atoms with Crippen LogP contribution >= 0.6 is 0 Å². The van der Waals surface area contributed by atoms with Crippen LogP contribution in [-0.4, -0.2) is 18.0 Å². The van der Waals surface area contributed by atoms with Gasteiger partial charge in [-0.25, -0.2) is 0 Å². The molecular weight excluding hydrogens is 318 g/mol. The predicted octanol–water partition coefficient (Wildman–Crippen LogP) is 2.80. The molecule has 3 rings (SSSR count). The molecule has 0 spiro atoms. The Kier molecular flexibility index (Phi) is 4.59. The lowest BCUT2D eigenvalue weighted by atomic mass is 10.1. The second-order valence-electron chi connectivity index (χ2n) is 5.50. The van der Waals surface area contributed by atoms with Crippen LogP contribution in [0.5, 0.6) is 0 Å². The molecule has 0 radical (unpaired) electrons. The smallest absolute Gasteiger partial charge is 0.255 e. The molecule has 0 bridgehead atoms. The van der Waals surface area contributed by atoms with Gasteiger partial charge in [-0.05, 0) is 42.0 Å². The van der Waals surface area contributed by atoms with Crippen LogP contribution in [0, 0.1) is 11.3 Å². The van der Waals surface area contributed by atoms with Crippen molar-refractivity contribution in [2.24, 2.45) is 0 Å². The molecule has 0 fully saturated rings. The zero-order valence-electron chi connectivity index (χ0n) is 13.5. The number of anilines is 1. The van der Waals surface area contributed by atoms with Crippen molar-refractivity contribution in [3.8, 4) is 6.07 Å². The van der Waals surface area contributed by atoms with Crippen molar-refractivity contribution in [3.63, 3.8) is 0 Å². The van der Waals surface area contributed by atoms with Crippen molar-refractivity contribution >= 4 is 22.5 Å². The second-order valence-corrected chi connectivity index (χ2v) is 5.50. The van der Waals surface area contributed by atoms with E-state index >= 15 is 0 Å². The molecule has 2 N–H and O–H groups in total. The normalized spacial score (nSPS) is 10.4. The Labute approximate surface area is 143 Å². The van der Waals surface area contributed by atoms with E-state index in [0.717, 1.165) is 10.9 Å². The highest BCUT2D eigenvalue weighted by Gasteiger charge is 2.08. The minimum atomic E-state index is -0.292. The van der Waals surface area contributed by atoms with Gasteiger partial charge in [-0.15, -0.1) is 0 Å². The van der Waals surface area contributed by atoms with Gasteiger partial charge in [0.15, 0.2) is 0 Å². The van der Waals surface area contributed by atoms with Crippen LogP contribution in [0.3, 0.4) is 0 Å². The first kappa shape index (κ1) is 16.4. The molecule has 0 aliphatic rings. The Morgan fingerprint density at radius 3 is 2.64 bits per heavy atom. The largest absolute Gasteiger partial charge is 0.380 e. The van der Waals surface area contributed by atoms with E-state index in [0.29, 0.717) is 28.9 Å². The van der Waals surface area contributed by atoms with Gasteiger partial charge in [0, 0.05) is 29.8 Å². The molecule has 2 aromatic carbocycles. The number of fused-ring (bicyclic) bond motifs is 1. The second kappa shape index (κ2) is 6.99. The Morgan fingerprint density at radius 2 is 1.96 bits per heavy atom. The average Bonchev–Trinajstić information content (AvgIpc) is 2.61. The van der Waals surface area contributed by atoms with Gasteiger partial charge >= 0.3 is 0 Å². The summed E-state index contributed by atoms with van der Waals surface area (Å²) < 4.78 is 5.12. The first-order valence-electron chi connectivity index (χ1n) is 7.57. The fourth-order valence-corrected chi connectivity index (χ4v) is 2.58. The maximum Gasteiger partial charge on any atom is 0.255 e. The van der Waals surface area contributed by atoms with Crippen LogP contribution in [0.1, 0.15) is 21.5 Å². The van der Waals surface area contributed by atoms with Gasteiger partial charge in [0.25, 0.3) is 5.91 Å². The fourth-order valence-electron chi connectivity index (χ4n) is 2.58. The van der Waals surface area contributed by atoms with Gasteiger partial charge in [0.2, 0.25) is 5.56 Å². The number of rotatable bonds is 4. The third-order valence-corrected chi connectivity index (χ3v) is 3.76. The van der Waals surface area contributed by atoms with E-state index in [2.05, 4.69) is 10.3 Å². The number of aromatic nitrogens is 1. The summed E-state index contributed by atoms with van der Waals surface area (Å²) in [5, 5.41) is 12.4. The lowest BCUT2D eigenvalue weighted by molar-refractivity contribution is 0.102. The van der Waals surface area contributed by atoms with Gasteiger partial charge in [-0.3, -0.25) is 9.59 Å². The maximum absolute atomic E-state index is 12.3. The molecule has 0 aliphatic carbocycles. The summed E-state index contributed by atoms with van der Waals surface area (Å²) in [6.45, 7) is 0.331. The first-order valence-corrected chi connectivity index (χ1v) is 7.57. The molecule has 0 unspecified atom stereocenters. The third kappa shape index (κ3) is 3.57. The number of methoxy groups -OCH3 is 1. The number of H-pyrrole nitrogens is 1. The number of ether oxygens (including phenoxy) is 1. The topological polar surface area (TPSA) is 95.0 Å². The monoisotopic (exact) mass is 333 g/mol. The summed E-state index contributed by atoms with van der Waals surface area (Å²) in [6.07, 6.45) is 0. The van der Waals surface area contributed by atoms with Gasteiger partial charge < -0.3 is 15.0 Å². The van der Waals surface area contributed by atoms with Gasteiger partial charge in [-0.2, -0.15) is 5.26 Å². The molecule has 124 valence electrons. The van der Waals surface area contributed by atoms with Crippen molar-refractivity contribution in [1.82, 2.24) is 4.98 Å². The van der Waals surface area contributed by atoms with Crippen molar-refractivity contribution < 1.29 is 9.53 Å². The molecule has 6 nitrogen and oxygen atoms in total. The van der Waals surface area contributed by atoms with Crippen molar-refractivity contribution in [2.45, 2.75) is 6.61 Å². The van der Waals surface area contributed by atoms with Gasteiger partial charge in [0.1, 0.15) is 0 Å². The van der Waals surface area contributed by atoms with Crippen LogP contribution < -0.4 is 10.9 Å². The number of benzene rings is 2. The summed E-state index contributed by atoms with van der Waals surface area (Å²) in [7, 11) is 1.57. The van der Waals surface area contributed by atoms with Crippen molar-refractivity contribution in [3.05, 3.63) is 75.6 Å². The van der Waals surface area contributed by atoms with Gasteiger partial charge in [-0.1, -0.05) is 6.07 Å². The Bertz CT molecular complexity index is 1030. The van der Waals surface area contributed by atoms with E-state index in [-0.39, 0.29) is 11.5 Å². The molecule has 0 aliphatic heterocycles. The molecule has 0 saturated heterocycles. The molecule has 1 amide bonds. The zero-order chi connectivity index (χ0) is 17.8. The molecule has 6 heteroatoms. The highest BCUT2D eigenvalue weighted by Crippen LogP contribution is 2.21. The highest BCUT2D eigenvalue weighted by atomic mass is 16.5. The van der Waals surface area contributed by atoms with Crippen molar-refractivity contribution in [2.75, 3.05) is 12.4 Å². The zero-order valence-corrected chi connectivity index (χ0v) is 13.5. The number of aromatic amines is 1. The molecule has 1 aromatic heterocycles. The summed E-state index contributed by atoms with van der Waals surface area (Å²) in [4.78, 5) is 26.8. The number of nitrogens with zero attached hydrogens (tertiary/aromatic N) is 1. The average molecular weight is 333 g/mol. The highest BCUT2D eigenvalue weighted by molar-refractivity contribution is 6.05. The SMILES string of the molecule is COCc1cc(=O)[nH]c2cc(NC(=O)c3ccc(C#N)cc3)ccc12. The third-order valence-electron chi connectivity index (χ3n) is 3.76. The quantitative estimate of drug-likeness (QED) is 0.767. The molecule has 25 heavy (non-hydrogen) atoms. The molecular formula is C19H15N3O3. The minimum Gasteiger partial charge on any atom is -0.380 e. The van der Waals surface area contributed by atoms with Crippen LogP contribution in [0.2, 0.25) is 0 Å².